The van der Waals surface area contributed by atoms with Gasteiger partial charge in [0.15, 0.2) is 0 Å². The van der Waals surface area contributed by atoms with Crippen molar-refractivity contribution in [1.82, 2.24) is 14.9 Å². The number of likely N-dealkylation sites (N-methyl/N-ethyl adjacent to an activating group) is 1. The number of hydrogen-bond acceptors (Lipinski definition) is 2. The van der Waals surface area contributed by atoms with Crippen LogP contribution in [0.3, 0.4) is 0 Å². The molecule has 1 N–H and O–H groups in total. The van der Waals surface area contributed by atoms with E-state index in [4.69, 9.17) is 0 Å². The van der Waals surface area contributed by atoms with Crippen molar-refractivity contribution >= 4 is 0 Å². The summed E-state index contributed by atoms with van der Waals surface area (Å²) in [6, 6.07) is 1.26. The molecule has 3 rings (SSSR count). The van der Waals surface area contributed by atoms with Gasteiger partial charge in [0.05, 0.1) is 18.1 Å². The van der Waals surface area contributed by atoms with E-state index in [9.17, 15) is 0 Å². The second kappa shape index (κ2) is 5.43. The number of fused-ring (bicyclic) bond motifs is 1. The van der Waals surface area contributed by atoms with Crippen LogP contribution < -0.4 is 5.32 Å². The van der Waals surface area contributed by atoms with Crippen molar-refractivity contribution in [2.24, 2.45) is 0 Å². The van der Waals surface area contributed by atoms with Gasteiger partial charge in [0.2, 0.25) is 0 Å². The average Bonchev–Trinajstić information content (AvgIpc) is 2.69. The van der Waals surface area contributed by atoms with Crippen LogP contribution in [0, 0.1) is 0 Å². The molecule has 1 aromatic heterocycles. The van der Waals surface area contributed by atoms with E-state index in [0.29, 0.717) is 12.1 Å². The first-order valence-corrected chi connectivity index (χ1v) is 7.62. The van der Waals surface area contributed by atoms with Crippen LogP contribution in [0.1, 0.15) is 62.4 Å². The van der Waals surface area contributed by atoms with Crippen LogP contribution in [0.25, 0.3) is 0 Å². The van der Waals surface area contributed by atoms with Crippen LogP contribution in [-0.4, -0.2) is 22.6 Å². The summed E-state index contributed by atoms with van der Waals surface area (Å²) < 4.78 is 2.51. The van der Waals surface area contributed by atoms with E-state index in [-0.39, 0.29) is 0 Å². The summed E-state index contributed by atoms with van der Waals surface area (Å²) in [6.07, 6.45) is 14.0. The number of nitrogens with one attached hydrogen (secondary N) is 1. The van der Waals surface area contributed by atoms with Crippen molar-refractivity contribution < 1.29 is 0 Å². The van der Waals surface area contributed by atoms with Crippen molar-refractivity contribution in [1.29, 1.82) is 0 Å². The Morgan fingerprint density at radius 3 is 2.83 bits per heavy atom. The second-order valence-corrected chi connectivity index (χ2v) is 5.85. The lowest BCUT2D eigenvalue weighted by Crippen LogP contribution is -2.35. The Bertz CT molecular complexity index is 396. The van der Waals surface area contributed by atoms with Crippen LogP contribution >= 0.6 is 0 Å². The summed E-state index contributed by atoms with van der Waals surface area (Å²) in [5.74, 6) is 0. The van der Waals surface area contributed by atoms with E-state index in [2.05, 4.69) is 28.2 Å². The summed E-state index contributed by atoms with van der Waals surface area (Å²) in [5.41, 5.74) is 2.91. The number of hydrogen-bond donors (Lipinski definition) is 1. The number of imidazole rings is 1. The molecule has 2 atom stereocenters. The first-order chi connectivity index (χ1) is 8.90. The van der Waals surface area contributed by atoms with Crippen molar-refractivity contribution in [2.45, 2.75) is 69.9 Å². The normalized spacial score (nSPS) is 28.7. The van der Waals surface area contributed by atoms with Crippen LogP contribution in [0.5, 0.6) is 0 Å². The van der Waals surface area contributed by atoms with E-state index in [1.54, 1.807) is 0 Å². The Morgan fingerprint density at radius 1 is 1.11 bits per heavy atom. The fourth-order valence-electron chi connectivity index (χ4n) is 3.74. The van der Waals surface area contributed by atoms with Gasteiger partial charge < -0.3 is 9.88 Å². The first kappa shape index (κ1) is 12.2. The molecular weight excluding hydrogens is 222 g/mol. The Hall–Kier alpha value is -0.830. The van der Waals surface area contributed by atoms with Gasteiger partial charge in [-0.25, -0.2) is 4.98 Å². The molecular formula is C15H25N3. The molecule has 1 saturated carbocycles. The molecule has 0 aliphatic heterocycles. The second-order valence-electron chi connectivity index (χ2n) is 5.85. The third kappa shape index (κ3) is 2.20. The number of rotatable bonds is 2. The standard InChI is InChI=1S/C15H25N3/c1-16-12-7-3-2-4-9-14(12)18-11-17-13-8-5-6-10-15(13)18/h11-12,14,16H,2-10H2,1H3. The third-order valence-electron chi connectivity index (χ3n) is 4.77. The lowest BCUT2D eigenvalue weighted by molar-refractivity contribution is 0.338. The topological polar surface area (TPSA) is 29.9 Å². The predicted molar refractivity (Wildman–Crippen MR) is 73.8 cm³/mol. The minimum Gasteiger partial charge on any atom is -0.330 e. The van der Waals surface area contributed by atoms with Gasteiger partial charge in [0, 0.05) is 11.7 Å². The molecule has 1 heterocycles. The number of nitrogens with zero attached hydrogens (tertiary/aromatic N) is 2. The Labute approximate surface area is 110 Å². The van der Waals surface area contributed by atoms with Gasteiger partial charge >= 0.3 is 0 Å². The van der Waals surface area contributed by atoms with E-state index in [1.165, 1.54) is 69.2 Å². The van der Waals surface area contributed by atoms with E-state index >= 15 is 0 Å². The molecule has 100 valence electrons. The van der Waals surface area contributed by atoms with Crippen molar-refractivity contribution in [3.05, 3.63) is 17.7 Å². The fraction of sp³-hybridized carbons (Fsp3) is 0.800. The van der Waals surface area contributed by atoms with Gasteiger partial charge in [-0.2, -0.15) is 0 Å². The molecule has 0 spiro atoms. The van der Waals surface area contributed by atoms with Gasteiger partial charge in [0.25, 0.3) is 0 Å². The summed E-state index contributed by atoms with van der Waals surface area (Å²) in [5, 5.41) is 3.54. The molecule has 1 fully saturated rings. The highest BCUT2D eigenvalue weighted by atomic mass is 15.1. The maximum absolute atomic E-state index is 4.67. The molecule has 3 nitrogen and oxygen atoms in total. The molecule has 2 aliphatic carbocycles. The lowest BCUT2D eigenvalue weighted by atomic mass is 9.98. The minimum absolute atomic E-state index is 0.631. The molecule has 0 saturated heterocycles. The smallest absolute Gasteiger partial charge is 0.0954 e. The largest absolute Gasteiger partial charge is 0.330 e. The summed E-state index contributed by atoms with van der Waals surface area (Å²) in [6.45, 7) is 0. The fourth-order valence-corrected chi connectivity index (χ4v) is 3.74. The Kier molecular flexibility index (Phi) is 3.69. The van der Waals surface area contributed by atoms with Crippen LogP contribution in [-0.2, 0) is 12.8 Å². The zero-order chi connectivity index (χ0) is 12.4. The zero-order valence-corrected chi connectivity index (χ0v) is 11.5. The number of aromatic nitrogens is 2. The van der Waals surface area contributed by atoms with Crippen molar-refractivity contribution in [3.63, 3.8) is 0 Å². The van der Waals surface area contributed by atoms with Gasteiger partial charge in [-0.3, -0.25) is 0 Å². The molecule has 2 unspecified atom stereocenters. The molecule has 0 amide bonds. The highest BCUT2D eigenvalue weighted by molar-refractivity contribution is 5.17. The van der Waals surface area contributed by atoms with Gasteiger partial charge in [-0.1, -0.05) is 19.3 Å². The summed E-state index contributed by atoms with van der Waals surface area (Å²) in [7, 11) is 2.12. The van der Waals surface area contributed by atoms with Gasteiger partial charge in [0.1, 0.15) is 0 Å². The van der Waals surface area contributed by atoms with Crippen molar-refractivity contribution in [3.8, 4) is 0 Å². The van der Waals surface area contributed by atoms with E-state index in [1.807, 2.05) is 0 Å². The summed E-state index contributed by atoms with van der Waals surface area (Å²) in [4.78, 5) is 4.67. The lowest BCUT2D eigenvalue weighted by Gasteiger charge is -2.28. The molecule has 2 aliphatic rings. The zero-order valence-electron chi connectivity index (χ0n) is 11.5. The average molecular weight is 247 g/mol. The third-order valence-corrected chi connectivity index (χ3v) is 4.77. The van der Waals surface area contributed by atoms with Gasteiger partial charge in [-0.15, -0.1) is 0 Å². The quantitative estimate of drug-likeness (QED) is 0.814. The maximum Gasteiger partial charge on any atom is 0.0954 e. The van der Waals surface area contributed by atoms with E-state index < -0.39 is 0 Å². The minimum atomic E-state index is 0.631. The van der Waals surface area contributed by atoms with Crippen LogP contribution in [0.4, 0.5) is 0 Å². The van der Waals surface area contributed by atoms with Gasteiger partial charge in [-0.05, 0) is 45.6 Å². The summed E-state index contributed by atoms with van der Waals surface area (Å²) >= 11 is 0. The van der Waals surface area contributed by atoms with Crippen LogP contribution in [0.15, 0.2) is 6.33 Å². The molecule has 1 aromatic rings. The van der Waals surface area contributed by atoms with E-state index in [0.717, 1.165) is 0 Å². The SMILES string of the molecule is CNC1CCCCCC1n1cnc2c1CCCC2. The highest BCUT2D eigenvalue weighted by Crippen LogP contribution is 2.31. The Balaban J connectivity index is 1.89. The molecule has 18 heavy (non-hydrogen) atoms. The molecule has 0 aromatic carbocycles. The maximum atomic E-state index is 4.67. The number of aryl methyl sites for hydroxylation is 1. The monoisotopic (exact) mass is 247 g/mol. The predicted octanol–water partition coefficient (Wildman–Crippen LogP) is 2.86. The molecule has 0 bridgehead atoms. The Morgan fingerprint density at radius 2 is 1.94 bits per heavy atom. The molecule has 3 heteroatoms. The highest BCUT2D eigenvalue weighted by Gasteiger charge is 2.27. The van der Waals surface area contributed by atoms with Crippen molar-refractivity contribution in [2.75, 3.05) is 7.05 Å². The molecule has 0 radical (unpaired) electrons. The first-order valence-electron chi connectivity index (χ1n) is 7.62. The van der Waals surface area contributed by atoms with Crippen LogP contribution in [0.2, 0.25) is 0 Å².